The smallest absolute Gasteiger partial charge is 0.153 e. The van der Waals surface area contributed by atoms with E-state index in [9.17, 15) is 0 Å². The Morgan fingerprint density at radius 1 is 1.56 bits per heavy atom. The predicted molar refractivity (Wildman–Crippen MR) is 64.0 cm³/mol. The van der Waals surface area contributed by atoms with Crippen LogP contribution in [0.4, 0.5) is 0 Å². The number of nitrogens with one attached hydrogen (secondary N) is 1. The monoisotopic (exact) mass is 288 g/mol. The fraction of sp³-hybridized carbons (Fsp3) is 0.800. The first kappa shape index (κ1) is 12.0. The normalized spacial score (nSPS) is 19.8. The SMILES string of the molecule is CNC(c1c(Br)nnn1C)C(OC)C1CC1. The Morgan fingerprint density at radius 3 is 2.62 bits per heavy atom. The molecule has 1 aliphatic carbocycles. The molecular weight excluding hydrogens is 272 g/mol. The van der Waals surface area contributed by atoms with Crippen LogP contribution in [0, 0.1) is 5.92 Å². The van der Waals surface area contributed by atoms with Gasteiger partial charge in [0.25, 0.3) is 0 Å². The molecule has 0 radical (unpaired) electrons. The van der Waals surface area contributed by atoms with E-state index in [2.05, 4.69) is 31.6 Å². The number of aromatic nitrogens is 3. The number of hydrogen-bond acceptors (Lipinski definition) is 4. The highest BCUT2D eigenvalue weighted by atomic mass is 79.9. The summed E-state index contributed by atoms with van der Waals surface area (Å²) >= 11 is 3.44. The first-order valence-electron chi connectivity index (χ1n) is 5.44. The standard InChI is InChI=1S/C10H17BrN4O/c1-12-7(9(16-3)6-4-5-6)8-10(11)13-14-15(8)2/h6-7,9,12H,4-5H2,1-3H3. The Hall–Kier alpha value is -0.460. The lowest BCUT2D eigenvalue weighted by Crippen LogP contribution is -2.34. The number of likely N-dealkylation sites (N-methyl/N-ethyl adjacent to an activating group) is 1. The van der Waals surface area contributed by atoms with Crippen molar-refractivity contribution in [2.24, 2.45) is 13.0 Å². The van der Waals surface area contributed by atoms with Crippen molar-refractivity contribution in [1.29, 1.82) is 0 Å². The molecule has 0 spiro atoms. The molecule has 5 nitrogen and oxygen atoms in total. The lowest BCUT2D eigenvalue weighted by molar-refractivity contribution is 0.0504. The van der Waals surface area contributed by atoms with Crippen molar-refractivity contribution in [2.75, 3.05) is 14.2 Å². The highest BCUT2D eigenvalue weighted by Crippen LogP contribution is 2.40. The van der Waals surface area contributed by atoms with E-state index in [0.717, 1.165) is 10.3 Å². The second-order valence-corrected chi connectivity index (χ2v) is 4.94. The van der Waals surface area contributed by atoms with Crippen LogP contribution in [0.5, 0.6) is 0 Å². The van der Waals surface area contributed by atoms with Gasteiger partial charge in [-0.05, 0) is 41.7 Å². The van der Waals surface area contributed by atoms with Crippen molar-refractivity contribution in [3.63, 3.8) is 0 Å². The maximum absolute atomic E-state index is 5.61. The molecule has 0 aromatic carbocycles. The zero-order valence-electron chi connectivity index (χ0n) is 9.77. The molecule has 0 aliphatic heterocycles. The van der Waals surface area contributed by atoms with Crippen molar-refractivity contribution in [3.8, 4) is 0 Å². The molecule has 2 rings (SSSR count). The van der Waals surface area contributed by atoms with Gasteiger partial charge in [0, 0.05) is 14.2 Å². The van der Waals surface area contributed by atoms with E-state index < -0.39 is 0 Å². The van der Waals surface area contributed by atoms with Gasteiger partial charge in [0.1, 0.15) is 0 Å². The third-order valence-corrected chi connectivity index (χ3v) is 3.68. The second-order valence-electron chi connectivity index (χ2n) is 4.19. The summed E-state index contributed by atoms with van der Waals surface area (Å²) in [7, 11) is 5.61. The Balaban J connectivity index is 2.27. The highest BCUT2D eigenvalue weighted by molar-refractivity contribution is 9.10. The summed E-state index contributed by atoms with van der Waals surface area (Å²) in [4.78, 5) is 0. The van der Waals surface area contributed by atoms with Gasteiger partial charge in [-0.25, -0.2) is 4.68 Å². The zero-order chi connectivity index (χ0) is 11.7. The summed E-state index contributed by atoms with van der Waals surface area (Å²) in [6.45, 7) is 0. The average molecular weight is 289 g/mol. The van der Waals surface area contributed by atoms with Crippen LogP contribution in [-0.4, -0.2) is 35.3 Å². The quantitative estimate of drug-likeness (QED) is 0.886. The molecule has 6 heteroatoms. The van der Waals surface area contributed by atoms with Gasteiger partial charge in [-0.3, -0.25) is 0 Å². The number of halogens is 1. The largest absolute Gasteiger partial charge is 0.379 e. The Morgan fingerprint density at radius 2 is 2.25 bits per heavy atom. The van der Waals surface area contributed by atoms with Crippen LogP contribution in [-0.2, 0) is 11.8 Å². The van der Waals surface area contributed by atoms with Gasteiger partial charge in [0.15, 0.2) is 4.60 Å². The van der Waals surface area contributed by atoms with Crippen LogP contribution in [0.2, 0.25) is 0 Å². The summed E-state index contributed by atoms with van der Waals surface area (Å²) in [6, 6.07) is 0.131. The van der Waals surface area contributed by atoms with E-state index >= 15 is 0 Å². The van der Waals surface area contributed by atoms with E-state index in [1.165, 1.54) is 12.8 Å². The molecule has 16 heavy (non-hydrogen) atoms. The molecule has 0 saturated heterocycles. The van der Waals surface area contributed by atoms with Crippen LogP contribution in [0.1, 0.15) is 24.6 Å². The lowest BCUT2D eigenvalue weighted by Gasteiger charge is -2.25. The Bertz CT molecular complexity index is 344. The molecule has 2 atom stereocenters. The molecule has 2 unspecified atom stereocenters. The first-order chi connectivity index (χ1) is 7.69. The van der Waals surface area contributed by atoms with Gasteiger partial charge >= 0.3 is 0 Å². The van der Waals surface area contributed by atoms with Crippen LogP contribution in [0.15, 0.2) is 4.60 Å². The van der Waals surface area contributed by atoms with Gasteiger partial charge in [0.2, 0.25) is 0 Å². The third kappa shape index (κ3) is 2.14. The molecule has 1 heterocycles. The van der Waals surface area contributed by atoms with Gasteiger partial charge in [-0.1, -0.05) is 5.21 Å². The molecule has 1 aromatic heterocycles. The second kappa shape index (κ2) is 4.81. The third-order valence-electron chi connectivity index (χ3n) is 3.12. The topological polar surface area (TPSA) is 52.0 Å². The van der Waals surface area contributed by atoms with Gasteiger partial charge in [-0.2, -0.15) is 0 Å². The molecule has 1 fully saturated rings. The van der Waals surface area contributed by atoms with Crippen molar-refractivity contribution < 1.29 is 4.74 Å². The van der Waals surface area contributed by atoms with E-state index in [-0.39, 0.29) is 12.1 Å². The molecule has 1 N–H and O–H groups in total. The maximum atomic E-state index is 5.61. The van der Waals surface area contributed by atoms with E-state index in [4.69, 9.17) is 4.74 Å². The van der Waals surface area contributed by atoms with E-state index in [1.807, 2.05) is 14.1 Å². The van der Waals surface area contributed by atoms with E-state index in [0.29, 0.717) is 5.92 Å². The molecule has 90 valence electrons. The minimum absolute atomic E-state index is 0.131. The lowest BCUT2D eigenvalue weighted by atomic mass is 10.0. The summed E-state index contributed by atoms with van der Waals surface area (Å²) in [5.74, 6) is 0.657. The predicted octanol–water partition coefficient (Wildman–Crippen LogP) is 1.26. The molecule has 1 aliphatic rings. The number of rotatable bonds is 5. The minimum Gasteiger partial charge on any atom is -0.379 e. The van der Waals surface area contributed by atoms with Crippen molar-refractivity contribution in [1.82, 2.24) is 20.3 Å². The van der Waals surface area contributed by atoms with Gasteiger partial charge in [0.05, 0.1) is 17.8 Å². The number of methoxy groups -OCH3 is 1. The summed E-state index contributed by atoms with van der Waals surface area (Å²) in [5.41, 5.74) is 1.04. The molecular formula is C10H17BrN4O. The molecule has 0 amide bonds. The number of nitrogens with zero attached hydrogens (tertiary/aromatic N) is 3. The number of aryl methyl sites for hydroxylation is 1. The van der Waals surface area contributed by atoms with E-state index in [1.54, 1.807) is 11.8 Å². The highest BCUT2D eigenvalue weighted by Gasteiger charge is 2.39. The Labute approximate surface area is 104 Å². The fourth-order valence-electron chi connectivity index (χ4n) is 2.15. The summed E-state index contributed by atoms with van der Waals surface area (Å²) in [6.07, 6.45) is 2.69. The van der Waals surface area contributed by atoms with Crippen molar-refractivity contribution in [2.45, 2.75) is 25.0 Å². The van der Waals surface area contributed by atoms with Crippen LogP contribution in [0.3, 0.4) is 0 Å². The minimum atomic E-state index is 0.131. The van der Waals surface area contributed by atoms with Gasteiger partial charge < -0.3 is 10.1 Å². The fourth-order valence-corrected chi connectivity index (χ4v) is 2.73. The molecule has 1 saturated carbocycles. The Kier molecular flexibility index (Phi) is 3.61. The van der Waals surface area contributed by atoms with Gasteiger partial charge in [-0.15, -0.1) is 5.10 Å². The number of ether oxygens (including phenoxy) is 1. The molecule has 1 aromatic rings. The first-order valence-corrected chi connectivity index (χ1v) is 6.23. The summed E-state index contributed by atoms with van der Waals surface area (Å²) < 4.78 is 8.19. The average Bonchev–Trinajstić information content (AvgIpc) is 3.05. The zero-order valence-corrected chi connectivity index (χ0v) is 11.4. The maximum Gasteiger partial charge on any atom is 0.153 e. The van der Waals surface area contributed by atoms with Crippen LogP contribution >= 0.6 is 15.9 Å². The van der Waals surface area contributed by atoms with Crippen LogP contribution < -0.4 is 5.32 Å². The number of hydrogen-bond donors (Lipinski definition) is 1. The van der Waals surface area contributed by atoms with Crippen LogP contribution in [0.25, 0.3) is 0 Å². The summed E-state index contributed by atoms with van der Waals surface area (Å²) in [5, 5.41) is 11.3. The van der Waals surface area contributed by atoms with Crippen molar-refractivity contribution >= 4 is 15.9 Å². The molecule has 0 bridgehead atoms. The van der Waals surface area contributed by atoms with Crippen molar-refractivity contribution in [3.05, 3.63) is 10.3 Å².